The van der Waals surface area contributed by atoms with Gasteiger partial charge in [-0.25, -0.2) is 0 Å². The van der Waals surface area contributed by atoms with E-state index in [-0.39, 0.29) is 30.8 Å². The molecule has 0 saturated heterocycles. The standard InChI is InChI=1S/C20H24O6/c1-4-5-20-8-12(21)17(22)15(19(20)23)10(2)16(20)11-6-13(24-3)18-14(7-11)25-9-26-18/h4,6-7,10,15-17,19,22-23H,1,5,8-9H2,2-3H3/t10-,15+,16-,17-,19-,20+/m1/s1. The lowest BCUT2D eigenvalue weighted by molar-refractivity contribution is -0.146. The van der Waals surface area contributed by atoms with Crippen LogP contribution in [-0.2, 0) is 4.79 Å². The lowest BCUT2D eigenvalue weighted by Gasteiger charge is -2.41. The second-order valence-electron chi connectivity index (χ2n) is 7.63. The van der Waals surface area contributed by atoms with E-state index in [4.69, 9.17) is 14.2 Å². The number of aliphatic hydroxyl groups excluding tert-OH is 2. The molecule has 0 radical (unpaired) electrons. The van der Waals surface area contributed by atoms with Crippen LogP contribution in [0, 0.1) is 17.3 Å². The van der Waals surface area contributed by atoms with Crippen molar-refractivity contribution in [3.05, 3.63) is 30.4 Å². The Morgan fingerprint density at radius 2 is 2.15 bits per heavy atom. The number of aliphatic hydroxyl groups is 2. The zero-order valence-corrected chi connectivity index (χ0v) is 15.0. The number of fused-ring (bicyclic) bond motifs is 3. The first-order chi connectivity index (χ1) is 12.4. The number of hydrogen-bond donors (Lipinski definition) is 2. The molecule has 1 aliphatic heterocycles. The average molecular weight is 360 g/mol. The Labute approximate surface area is 152 Å². The van der Waals surface area contributed by atoms with E-state index < -0.39 is 23.5 Å². The molecule has 2 bridgehead atoms. The normalized spacial score (nSPS) is 37.7. The van der Waals surface area contributed by atoms with E-state index in [1.165, 1.54) is 0 Å². The van der Waals surface area contributed by atoms with Gasteiger partial charge in [0.25, 0.3) is 0 Å². The van der Waals surface area contributed by atoms with Crippen molar-refractivity contribution >= 4 is 5.78 Å². The highest BCUT2D eigenvalue weighted by atomic mass is 16.7. The van der Waals surface area contributed by atoms with E-state index in [1.807, 2.05) is 19.1 Å². The molecule has 26 heavy (non-hydrogen) atoms. The van der Waals surface area contributed by atoms with Gasteiger partial charge >= 0.3 is 0 Å². The Morgan fingerprint density at radius 1 is 1.38 bits per heavy atom. The highest BCUT2D eigenvalue weighted by Gasteiger charge is 2.64. The maximum absolute atomic E-state index is 12.4. The molecule has 2 saturated carbocycles. The molecule has 3 aliphatic rings. The first kappa shape index (κ1) is 17.4. The molecule has 2 fully saturated rings. The molecule has 1 aromatic carbocycles. The summed E-state index contributed by atoms with van der Waals surface area (Å²) in [5.74, 6) is 0.824. The van der Waals surface area contributed by atoms with E-state index >= 15 is 0 Å². The van der Waals surface area contributed by atoms with Gasteiger partial charge < -0.3 is 24.4 Å². The van der Waals surface area contributed by atoms with Crippen molar-refractivity contribution in [2.45, 2.75) is 37.9 Å². The molecule has 1 heterocycles. The molecule has 2 aliphatic carbocycles. The average Bonchev–Trinajstić information content (AvgIpc) is 3.13. The zero-order valence-electron chi connectivity index (χ0n) is 15.0. The first-order valence-electron chi connectivity index (χ1n) is 8.92. The largest absolute Gasteiger partial charge is 0.493 e. The molecule has 4 rings (SSSR count). The van der Waals surface area contributed by atoms with Crippen LogP contribution in [0.5, 0.6) is 17.2 Å². The van der Waals surface area contributed by atoms with Crippen LogP contribution in [0.25, 0.3) is 0 Å². The number of allylic oxidation sites excluding steroid dienone is 1. The SMILES string of the molecule is C=CC[C@]12CC(=O)[C@@H](O)[C@H]([C@@H](C)[C@@H]1c1cc(OC)c3c(c1)OCO3)[C@H]2O. The molecule has 2 N–H and O–H groups in total. The summed E-state index contributed by atoms with van der Waals surface area (Å²) in [6.45, 7) is 5.96. The Kier molecular flexibility index (Phi) is 4.00. The van der Waals surface area contributed by atoms with Crippen LogP contribution in [0.15, 0.2) is 24.8 Å². The molecule has 0 unspecified atom stereocenters. The highest BCUT2D eigenvalue weighted by Crippen LogP contribution is 2.63. The zero-order chi connectivity index (χ0) is 18.6. The topological polar surface area (TPSA) is 85.2 Å². The number of ketones is 1. The second-order valence-corrected chi connectivity index (χ2v) is 7.63. The van der Waals surface area contributed by atoms with E-state index in [0.717, 1.165) is 5.56 Å². The Hall–Kier alpha value is -2.05. The van der Waals surface area contributed by atoms with Gasteiger partial charge in [-0.3, -0.25) is 4.79 Å². The number of ether oxygens (including phenoxy) is 3. The first-order valence-corrected chi connectivity index (χ1v) is 8.92. The van der Waals surface area contributed by atoms with Crippen molar-refractivity contribution in [1.29, 1.82) is 0 Å². The van der Waals surface area contributed by atoms with Crippen LogP contribution >= 0.6 is 0 Å². The highest BCUT2D eigenvalue weighted by molar-refractivity contribution is 5.86. The van der Waals surface area contributed by atoms with Crippen LogP contribution in [0.4, 0.5) is 0 Å². The quantitative estimate of drug-likeness (QED) is 0.799. The summed E-state index contributed by atoms with van der Waals surface area (Å²) in [6.07, 6.45) is 0.474. The Bertz CT molecular complexity index is 759. The predicted octanol–water partition coefficient (Wildman–Crippen LogP) is 2.03. The van der Waals surface area contributed by atoms with Gasteiger partial charge in [0.15, 0.2) is 17.3 Å². The summed E-state index contributed by atoms with van der Waals surface area (Å²) in [4.78, 5) is 12.4. The lowest BCUT2D eigenvalue weighted by Crippen LogP contribution is -2.49. The molecule has 0 amide bonds. The predicted molar refractivity (Wildman–Crippen MR) is 93.4 cm³/mol. The third-order valence-corrected chi connectivity index (χ3v) is 6.47. The van der Waals surface area contributed by atoms with Crippen molar-refractivity contribution in [3.63, 3.8) is 0 Å². The van der Waals surface area contributed by atoms with Crippen molar-refractivity contribution < 1.29 is 29.2 Å². The maximum Gasteiger partial charge on any atom is 0.231 e. The summed E-state index contributed by atoms with van der Waals surface area (Å²) in [6, 6.07) is 3.80. The van der Waals surface area contributed by atoms with E-state index in [0.29, 0.717) is 23.7 Å². The molecule has 140 valence electrons. The summed E-state index contributed by atoms with van der Waals surface area (Å²) in [5, 5.41) is 21.5. The van der Waals surface area contributed by atoms with E-state index in [1.54, 1.807) is 13.2 Å². The second kappa shape index (κ2) is 5.99. The van der Waals surface area contributed by atoms with Crippen molar-refractivity contribution in [2.75, 3.05) is 13.9 Å². The van der Waals surface area contributed by atoms with Gasteiger partial charge in [-0.05, 0) is 36.0 Å². The number of carbonyl (C=O) groups excluding carboxylic acids is 1. The number of rotatable bonds is 4. The van der Waals surface area contributed by atoms with Crippen molar-refractivity contribution in [2.24, 2.45) is 17.3 Å². The fraction of sp³-hybridized carbons (Fsp3) is 0.550. The third-order valence-electron chi connectivity index (χ3n) is 6.47. The van der Waals surface area contributed by atoms with Crippen LogP contribution in [0.2, 0.25) is 0 Å². The van der Waals surface area contributed by atoms with Gasteiger partial charge in [-0.2, -0.15) is 0 Å². The molecule has 1 aromatic rings. The third kappa shape index (κ3) is 2.15. The summed E-state index contributed by atoms with van der Waals surface area (Å²) >= 11 is 0. The fourth-order valence-corrected chi connectivity index (χ4v) is 5.47. The van der Waals surface area contributed by atoms with E-state index in [2.05, 4.69) is 6.58 Å². The van der Waals surface area contributed by atoms with E-state index in [9.17, 15) is 15.0 Å². The summed E-state index contributed by atoms with van der Waals surface area (Å²) in [5.41, 5.74) is 0.241. The van der Waals surface area contributed by atoms with Crippen LogP contribution < -0.4 is 14.2 Å². The van der Waals surface area contributed by atoms with Crippen LogP contribution in [0.1, 0.15) is 31.2 Å². The van der Waals surface area contributed by atoms with Crippen molar-refractivity contribution in [3.8, 4) is 17.2 Å². The van der Waals surface area contributed by atoms with Gasteiger partial charge in [-0.1, -0.05) is 13.0 Å². The Balaban J connectivity index is 1.87. The smallest absolute Gasteiger partial charge is 0.231 e. The summed E-state index contributed by atoms with van der Waals surface area (Å²) in [7, 11) is 1.57. The monoisotopic (exact) mass is 360 g/mol. The molecule has 0 spiro atoms. The van der Waals surface area contributed by atoms with Gasteiger partial charge in [0, 0.05) is 17.8 Å². The number of carbonyl (C=O) groups is 1. The van der Waals surface area contributed by atoms with Gasteiger partial charge in [0.1, 0.15) is 6.10 Å². The number of benzene rings is 1. The number of methoxy groups -OCH3 is 1. The molecular weight excluding hydrogens is 336 g/mol. The number of hydrogen-bond acceptors (Lipinski definition) is 6. The lowest BCUT2D eigenvalue weighted by atomic mass is 9.64. The molecular formula is C20H24O6. The maximum atomic E-state index is 12.4. The summed E-state index contributed by atoms with van der Waals surface area (Å²) < 4.78 is 16.5. The minimum Gasteiger partial charge on any atom is -0.493 e. The van der Waals surface area contributed by atoms with Crippen molar-refractivity contribution in [1.82, 2.24) is 0 Å². The fourth-order valence-electron chi connectivity index (χ4n) is 5.47. The Morgan fingerprint density at radius 3 is 2.85 bits per heavy atom. The minimum atomic E-state index is -1.13. The number of Topliss-reactive ketones (excluding diaryl/α,β-unsaturated/α-hetero) is 1. The van der Waals surface area contributed by atoms with Gasteiger partial charge in [0.05, 0.1) is 13.2 Å². The molecule has 0 aromatic heterocycles. The van der Waals surface area contributed by atoms with Gasteiger partial charge in [0.2, 0.25) is 12.5 Å². The van der Waals surface area contributed by atoms with Gasteiger partial charge in [-0.15, -0.1) is 6.58 Å². The molecule has 6 nitrogen and oxygen atoms in total. The van der Waals surface area contributed by atoms with Crippen LogP contribution in [0.3, 0.4) is 0 Å². The molecule has 6 atom stereocenters. The molecule has 6 heteroatoms. The van der Waals surface area contributed by atoms with Crippen LogP contribution in [-0.4, -0.2) is 42.1 Å². The minimum absolute atomic E-state index is 0.0866.